The van der Waals surface area contributed by atoms with Crippen LogP contribution >= 0.6 is 0 Å². The van der Waals surface area contributed by atoms with Gasteiger partial charge in [-0.05, 0) is 37.3 Å². The van der Waals surface area contributed by atoms with Gasteiger partial charge in [0.05, 0.1) is 6.10 Å². The highest BCUT2D eigenvalue weighted by Crippen LogP contribution is 2.25. The zero-order valence-corrected chi connectivity index (χ0v) is 12.5. The molecule has 1 aromatic rings. The third-order valence-corrected chi connectivity index (χ3v) is 4.03. The van der Waals surface area contributed by atoms with Crippen LogP contribution in [0.3, 0.4) is 0 Å². The molecule has 19 heavy (non-hydrogen) atoms. The monoisotopic (exact) mass is 261 g/mol. The summed E-state index contributed by atoms with van der Waals surface area (Å²) in [6.07, 6.45) is 2.89. The Morgan fingerprint density at radius 2 is 2.00 bits per heavy atom. The number of hydrogen-bond acceptors (Lipinski definition) is 2. The van der Waals surface area contributed by atoms with Gasteiger partial charge < -0.3 is 9.64 Å². The van der Waals surface area contributed by atoms with Crippen molar-refractivity contribution in [3.63, 3.8) is 0 Å². The van der Waals surface area contributed by atoms with Gasteiger partial charge in [-0.1, -0.05) is 44.2 Å². The molecular weight excluding hydrogens is 234 g/mol. The summed E-state index contributed by atoms with van der Waals surface area (Å²) in [5.74, 6) is 1.43. The predicted molar refractivity (Wildman–Crippen MR) is 80.1 cm³/mol. The van der Waals surface area contributed by atoms with Gasteiger partial charge in [-0.3, -0.25) is 0 Å². The van der Waals surface area contributed by atoms with Gasteiger partial charge >= 0.3 is 0 Å². The molecule has 0 N–H and O–H groups in total. The molecule has 2 unspecified atom stereocenters. The molecule has 2 rings (SSSR count). The number of rotatable bonds is 5. The third-order valence-electron chi connectivity index (χ3n) is 4.03. The van der Waals surface area contributed by atoms with Gasteiger partial charge in [0.1, 0.15) is 0 Å². The molecule has 1 heterocycles. The Kier molecular flexibility index (Phi) is 5.41. The van der Waals surface area contributed by atoms with Gasteiger partial charge in [0.2, 0.25) is 0 Å². The Bertz CT molecular complexity index is 363. The smallest absolute Gasteiger partial charge is 0.0601 e. The standard InChI is InChI=1S/C17H27NO/c1-14(2)17-11-16(9-10-19-17)13-18(3)12-15-7-5-4-6-8-15/h4-8,14,16-17H,9-13H2,1-3H3. The maximum absolute atomic E-state index is 5.85. The average Bonchev–Trinajstić information content (AvgIpc) is 2.40. The molecule has 106 valence electrons. The van der Waals surface area contributed by atoms with Gasteiger partial charge in [-0.25, -0.2) is 0 Å². The lowest BCUT2D eigenvalue weighted by Crippen LogP contribution is -2.35. The molecule has 0 amide bonds. The predicted octanol–water partition coefficient (Wildman–Crippen LogP) is 3.57. The minimum atomic E-state index is 0.462. The van der Waals surface area contributed by atoms with Crippen LogP contribution in [-0.2, 0) is 11.3 Å². The summed E-state index contributed by atoms with van der Waals surface area (Å²) in [6.45, 7) is 7.69. The molecule has 1 aliphatic heterocycles. The van der Waals surface area contributed by atoms with Gasteiger partial charge in [0, 0.05) is 19.7 Å². The van der Waals surface area contributed by atoms with Gasteiger partial charge in [-0.2, -0.15) is 0 Å². The topological polar surface area (TPSA) is 12.5 Å². The Morgan fingerprint density at radius 1 is 1.26 bits per heavy atom. The van der Waals surface area contributed by atoms with Crippen molar-refractivity contribution in [2.75, 3.05) is 20.2 Å². The fourth-order valence-corrected chi connectivity index (χ4v) is 2.93. The molecule has 2 atom stereocenters. The fourth-order valence-electron chi connectivity index (χ4n) is 2.93. The minimum absolute atomic E-state index is 0.462. The fraction of sp³-hybridized carbons (Fsp3) is 0.647. The number of hydrogen-bond donors (Lipinski definition) is 0. The Morgan fingerprint density at radius 3 is 2.68 bits per heavy atom. The summed E-state index contributed by atoms with van der Waals surface area (Å²) in [6, 6.07) is 10.7. The summed E-state index contributed by atoms with van der Waals surface area (Å²) in [7, 11) is 2.23. The van der Waals surface area contributed by atoms with E-state index in [1.165, 1.54) is 24.9 Å². The van der Waals surface area contributed by atoms with Crippen LogP contribution in [0.5, 0.6) is 0 Å². The van der Waals surface area contributed by atoms with E-state index < -0.39 is 0 Å². The highest BCUT2D eigenvalue weighted by atomic mass is 16.5. The van der Waals surface area contributed by atoms with Crippen molar-refractivity contribution in [3.05, 3.63) is 35.9 Å². The van der Waals surface area contributed by atoms with E-state index in [0.717, 1.165) is 19.1 Å². The number of nitrogens with zero attached hydrogens (tertiary/aromatic N) is 1. The van der Waals surface area contributed by atoms with Crippen LogP contribution in [0.2, 0.25) is 0 Å². The van der Waals surface area contributed by atoms with Crippen molar-refractivity contribution in [1.29, 1.82) is 0 Å². The lowest BCUT2D eigenvalue weighted by atomic mass is 9.90. The first-order chi connectivity index (χ1) is 9.15. The summed E-state index contributed by atoms with van der Waals surface area (Å²) in [5, 5.41) is 0. The molecule has 1 aromatic carbocycles. The molecule has 0 aliphatic carbocycles. The number of ether oxygens (including phenoxy) is 1. The van der Waals surface area contributed by atoms with Crippen molar-refractivity contribution in [2.24, 2.45) is 11.8 Å². The molecule has 2 nitrogen and oxygen atoms in total. The summed E-state index contributed by atoms with van der Waals surface area (Å²) in [5.41, 5.74) is 1.40. The molecule has 0 radical (unpaired) electrons. The third kappa shape index (κ3) is 4.63. The second-order valence-electron chi connectivity index (χ2n) is 6.23. The molecule has 0 bridgehead atoms. The second kappa shape index (κ2) is 7.06. The van der Waals surface area contributed by atoms with Gasteiger partial charge in [0.25, 0.3) is 0 Å². The average molecular weight is 261 g/mol. The van der Waals surface area contributed by atoms with Crippen molar-refractivity contribution in [1.82, 2.24) is 4.90 Å². The minimum Gasteiger partial charge on any atom is -0.378 e. The second-order valence-corrected chi connectivity index (χ2v) is 6.23. The quantitative estimate of drug-likeness (QED) is 0.803. The maximum atomic E-state index is 5.85. The molecule has 1 fully saturated rings. The Balaban J connectivity index is 1.80. The van der Waals surface area contributed by atoms with Gasteiger partial charge in [0.15, 0.2) is 0 Å². The van der Waals surface area contributed by atoms with Crippen LogP contribution in [0.15, 0.2) is 30.3 Å². The molecule has 2 heteroatoms. The Hall–Kier alpha value is -0.860. The molecular formula is C17H27NO. The van der Waals surface area contributed by atoms with Crippen LogP contribution in [0.25, 0.3) is 0 Å². The first-order valence-electron chi connectivity index (χ1n) is 7.49. The molecule has 1 saturated heterocycles. The van der Waals surface area contributed by atoms with E-state index >= 15 is 0 Å². The summed E-state index contributed by atoms with van der Waals surface area (Å²) >= 11 is 0. The van der Waals surface area contributed by atoms with E-state index in [-0.39, 0.29) is 0 Å². The van der Waals surface area contributed by atoms with E-state index in [9.17, 15) is 0 Å². The zero-order valence-electron chi connectivity index (χ0n) is 12.5. The van der Waals surface area contributed by atoms with E-state index in [4.69, 9.17) is 4.74 Å². The van der Waals surface area contributed by atoms with Crippen LogP contribution in [0.1, 0.15) is 32.3 Å². The molecule has 0 saturated carbocycles. The highest BCUT2D eigenvalue weighted by Gasteiger charge is 2.25. The molecule has 0 aromatic heterocycles. The molecule has 0 spiro atoms. The van der Waals surface area contributed by atoms with Crippen LogP contribution in [0, 0.1) is 11.8 Å². The van der Waals surface area contributed by atoms with E-state index in [0.29, 0.717) is 12.0 Å². The lowest BCUT2D eigenvalue weighted by Gasteiger charge is -2.34. The van der Waals surface area contributed by atoms with Crippen molar-refractivity contribution in [3.8, 4) is 0 Å². The highest BCUT2D eigenvalue weighted by molar-refractivity contribution is 5.14. The van der Waals surface area contributed by atoms with E-state index in [2.05, 4.69) is 56.1 Å². The summed E-state index contributed by atoms with van der Waals surface area (Å²) in [4.78, 5) is 2.45. The normalized spacial score (nSPS) is 24.1. The van der Waals surface area contributed by atoms with E-state index in [1.807, 2.05) is 0 Å². The van der Waals surface area contributed by atoms with Crippen molar-refractivity contribution < 1.29 is 4.74 Å². The lowest BCUT2D eigenvalue weighted by molar-refractivity contribution is -0.0389. The molecule has 1 aliphatic rings. The van der Waals surface area contributed by atoms with Crippen molar-refractivity contribution in [2.45, 2.75) is 39.3 Å². The summed E-state index contributed by atoms with van der Waals surface area (Å²) < 4.78 is 5.85. The number of benzene rings is 1. The van der Waals surface area contributed by atoms with Gasteiger partial charge in [-0.15, -0.1) is 0 Å². The van der Waals surface area contributed by atoms with Crippen LogP contribution in [-0.4, -0.2) is 31.2 Å². The van der Waals surface area contributed by atoms with E-state index in [1.54, 1.807) is 0 Å². The maximum Gasteiger partial charge on any atom is 0.0601 e. The van der Waals surface area contributed by atoms with Crippen LogP contribution in [0.4, 0.5) is 0 Å². The largest absolute Gasteiger partial charge is 0.378 e. The Labute approximate surface area is 117 Å². The van der Waals surface area contributed by atoms with Crippen molar-refractivity contribution >= 4 is 0 Å². The van der Waals surface area contributed by atoms with Crippen LogP contribution < -0.4 is 0 Å². The SMILES string of the molecule is CC(C)C1CC(CN(C)Cc2ccccc2)CCO1. The first-order valence-corrected chi connectivity index (χ1v) is 7.49. The zero-order chi connectivity index (χ0) is 13.7. The first kappa shape index (κ1) is 14.5.